The number of aromatic nitrogens is 3. The van der Waals surface area contributed by atoms with Crippen molar-refractivity contribution in [1.29, 1.82) is 0 Å². The largest absolute Gasteiger partial charge is 0.419 e. The highest BCUT2D eigenvalue weighted by molar-refractivity contribution is 5.97. The molecule has 3 aromatic rings. The zero-order valence-electron chi connectivity index (χ0n) is 18.2. The molecule has 2 amide bonds. The van der Waals surface area contributed by atoms with Gasteiger partial charge in [0.2, 0.25) is 5.91 Å². The predicted octanol–water partition coefficient (Wildman–Crippen LogP) is 2.03. The Balaban J connectivity index is 1.49. The summed E-state index contributed by atoms with van der Waals surface area (Å²) in [5.74, 6) is -0.696. The molecule has 1 aliphatic heterocycles. The topological polar surface area (TPSA) is 113 Å². The molecule has 1 aromatic carbocycles. The van der Waals surface area contributed by atoms with Crippen LogP contribution in [0.25, 0.3) is 11.1 Å². The minimum Gasteiger partial charge on any atom is -0.408 e. The number of piperidine rings is 1. The Morgan fingerprint density at radius 2 is 2.10 bits per heavy atom. The first-order chi connectivity index (χ1) is 14.7. The fourth-order valence-corrected chi connectivity index (χ4v) is 4.26. The van der Waals surface area contributed by atoms with Crippen molar-refractivity contribution in [3.8, 4) is 0 Å². The highest BCUT2D eigenvalue weighted by Crippen LogP contribution is 2.31. The van der Waals surface area contributed by atoms with Crippen LogP contribution in [0.5, 0.6) is 0 Å². The molecule has 0 spiro atoms. The number of aromatic amines is 1. The first kappa shape index (κ1) is 20.9. The third kappa shape index (κ3) is 3.75. The van der Waals surface area contributed by atoms with Gasteiger partial charge < -0.3 is 14.6 Å². The van der Waals surface area contributed by atoms with Crippen molar-refractivity contribution >= 4 is 22.9 Å². The van der Waals surface area contributed by atoms with E-state index in [4.69, 9.17) is 4.42 Å². The number of hydrogen-bond donors (Lipinski definition) is 2. The smallest absolute Gasteiger partial charge is 0.408 e. The number of carbonyl (C=O) groups is 2. The fourth-order valence-electron chi connectivity index (χ4n) is 4.26. The maximum Gasteiger partial charge on any atom is 0.419 e. The summed E-state index contributed by atoms with van der Waals surface area (Å²) >= 11 is 0. The molecule has 2 N–H and O–H groups in total. The number of hydrogen-bond acceptors (Lipinski definition) is 5. The highest BCUT2D eigenvalue weighted by atomic mass is 16.4. The Hall–Kier alpha value is -3.36. The van der Waals surface area contributed by atoms with Crippen LogP contribution in [0.2, 0.25) is 0 Å². The second-order valence-corrected chi connectivity index (χ2v) is 8.60. The molecule has 1 saturated heterocycles. The number of likely N-dealkylation sites (tertiary alicyclic amines) is 1. The average molecular weight is 425 g/mol. The quantitative estimate of drug-likeness (QED) is 0.664. The molecule has 3 heterocycles. The lowest BCUT2D eigenvalue weighted by atomic mass is 9.80. The molecule has 9 heteroatoms. The van der Waals surface area contributed by atoms with E-state index in [-0.39, 0.29) is 11.8 Å². The average Bonchev–Trinajstić information content (AvgIpc) is 3.23. The van der Waals surface area contributed by atoms with Gasteiger partial charge in [0, 0.05) is 43.5 Å². The van der Waals surface area contributed by atoms with E-state index in [1.165, 1.54) is 4.57 Å². The first-order valence-electron chi connectivity index (χ1n) is 10.4. The van der Waals surface area contributed by atoms with Gasteiger partial charge in [-0.25, -0.2) is 4.79 Å². The molecule has 1 unspecified atom stereocenters. The molecule has 2 aromatic heterocycles. The van der Waals surface area contributed by atoms with Crippen molar-refractivity contribution in [2.45, 2.75) is 40.2 Å². The summed E-state index contributed by atoms with van der Waals surface area (Å²) in [7, 11) is 1.61. The monoisotopic (exact) mass is 425 g/mol. The van der Waals surface area contributed by atoms with Gasteiger partial charge in [0.1, 0.15) is 0 Å². The van der Waals surface area contributed by atoms with Crippen LogP contribution < -0.4 is 11.1 Å². The lowest BCUT2D eigenvalue weighted by molar-refractivity contribution is -0.132. The van der Waals surface area contributed by atoms with Crippen LogP contribution in [0.3, 0.4) is 0 Å². The van der Waals surface area contributed by atoms with Crippen molar-refractivity contribution in [2.75, 3.05) is 13.1 Å². The zero-order chi connectivity index (χ0) is 22.3. The number of aryl methyl sites for hydroxylation is 3. The van der Waals surface area contributed by atoms with Gasteiger partial charge >= 0.3 is 5.76 Å². The molecule has 1 aliphatic rings. The summed E-state index contributed by atoms with van der Waals surface area (Å²) in [5, 5.41) is 10.1. The van der Waals surface area contributed by atoms with E-state index in [0.717, 1.165) is 23.4 Å². The molecular formula is C22H27N5O4. The van der Waals surface area contributed by atoms with Crippen molar-refractivity contribution in [3.05, 3.63) is 51.3 Å². The van der Waals surface area contributed by atoms with Gasteiger partial charge in [0.15, 0.2) is 5.58 Å². The summed E-state index contributed by atoms with van der Waals surface area (Å²) < 4.78 is 6.52. The molecule has 164 valence electrons. The van der Waals surface area contributed by atoms with Crippen LogP contribution in [0, 0.1) is 19.3 Å². The Kier molecular flexibility index (Phi) is 5.20. The van der Waals surface area contributed by atoms with E-state index in [0.29, 0.717) is 42.7 Å². The third-order valence-electron chi connectivity index (χ3n) is 6.28. The number of oxazole rings is 1. The first-order valence-corrected chi connectivity index (χ1v) is 10.4. The van der Waals surface area contributed by atoms with E-state index in [1.54, 1.807) is 30.1 Å². The number of H-pyrrole nitrogens is 1. The lowest BCUT2D eigenvalue weighted by Gasteiger charge is -2.39. The Labute approximate surface area is 179 Å². The molecule has 1 fully saturated rings. The molecule has 4 rings (SSSR count). The van der Waals surface area contributed by atoms with Gasteiger partial charge in [0.25, 0.3) is 5.91 Å². The number of rotatable bonds is 4. The minimum absolute atomic E-state index is 0.0716. The van der Waals surface area contributed by atoms with E-state index in [1.807, 2.05) is 20.8 Å². The van der Waals surface area contributed by atoms with Crippen molar-refractivity contribution < 1.29 is 14.0 Å². The van der Waals surface area contributed by atoms with Crippen LogP contribution >= 0.6 is 0 Å². The van der Waals surface area contributed by atoms with E-state index >= 15 is 0 Å². The second-order valence-electron chi connectivity index (χ2n) is 8.60. The SMILES string of the molecule is Cc1n[nH]c(C)c1CNC(=O)C1(C)CCCN(C(=O)c2ccc3oc(=O)n(C)c3c2)C1. The van der Waals surface area contributed by atoms with Gasteiger partial charge in [0.05, 0.1) is 16.6 Å². The zero-order valence-corrected chi connectivity index (χ0v) is 18.2. The van der Waals surface area contributed by atoms with Crippen LogP contribution in [-0.2, 0) is 18.4 Å². The molecule has 31 heavy (non-hydrogen) atoms. The maximum atomic E-state index is 13.2. The van der Waals surface area contributed by atoms with Crippen molar-refractivity contribution in [1.82, 2.24) is 25.0 Å². The Morgan fingerprint density at radius 1 is 1.32 bits per heavy atom. The van der Waals surface area contributed by atoms with Gasteiger partial charge in [-0.3, -0.25) is 19.3 Å². The minimum atomic E-state index is -0.675. The van der Waals surface area contributed by atoms with Gasteiger partial charge in [-0.15, -0.1) is 0 Å². The van der Waals surface area contributed by atoms with Crippen LogP contribution in [0.4, 0.5) is 0 Å². The van der Waals surface area contributed by atoms with E-state index in [9.17, 15) is 14.4 Å². The van der Waals surface area contributed by atoms with Crippen LogP contribution in [-0.4, -0.2) is 44.6 Å². The van der Waals surface area contributed by atoms with E-state index in [2.05, 4.69) is 15.5 Å². The summed E-state index contributed by atoms with van der Waals surface area (Å²) in [6.07, 6.45) is 1.45. The number of nitrogens with zero attached hydrogens (tertiary/aromatic N) is 3. The van der Waals surface area contributed by atoms with E-state index < -0.39 is 11.2 Å². The van der Waals surface area contributed by atoms with Gasteiger partial charge in [-0.05, 0) is 51.8 Å². The fraction of sp³-hybridized carbons (Fsp3) is 0.455. The normalized spacial score (nSPS) is 19.0. The lowest BCUT2D eigenvalue weighted by Crippen LogP contribution is -2.51. The maximum absolute atomic E-state index is 13.2. The number of amides is 2. The Morgan fingerprint density at radius 3 is 2.81 bits per heavy atom. The Bertz CT molecular complexity index is 1200. The van der Waals surface area contributed by atoms with Gasteiger partial charge in [-0.1, -0.05) is 0 Å². The second kappa shape index (κ2) is 7.72. The molecule has 1 atom stereocenters. The van der Waals surface area contributed by atoms with Gasteiger partial charge in [-0.2, -0.15) is 5.10 Å². The van der Waals surface area contributed by atoms with Crippen LogP contribution in [0.15, 0.2) is 27.4 Å². The summed E-state index contributed by atoms with van der Waals surface area (Å²) in [5.41, 5.74) is 3.60. The molecule has 0 aliphatic carbocycles. The molecule has 0 radical (unpaired) electrons. The highest BCUT2D eigenvalue weighted by Gasteiger charge is 2.39. The van der Waals surface area contributed by atoms with Crippen LogP contribution in [0.1, 0.15) is 47.1 Å². The standard InChI is InChI=1S/C22H27N5O4/c1-13-16(14(2)25-24-13)11-23-20(29)22(3)8-5-9-27(12-22)19(28)15-6-7-18-17(10-15)26(4)21(30)31-18/h6-7,10H,5,8-9,11-12H2,1-4H3,(H,23,29)(H,24,25). The molecule has 0 bridgehead atoms. The summed E-state index contributed by atoms with van der Waals surface area (Å²) in [6, 6.07) is 4.96. The number of fused-ring (bicyclic) bond motifs is 1. The van der Waals surface area contributed by atoms with Crippen molar-refractivity contribution in [3.63, 3.8) is 0 Å². The predicted molar refractivity (Wildman–Crippen MR) is 115 cm³/mol. The third-order valence-corrected chi connectivity index (χ3v) is 6.28. The number of carbonyl (C=O) groups excluding carboxylic acids is 2. The summed E-state index contributed by atoms with van der Waals surface area (Å²) in [6.45, 7) is 7.06. The molecular weight excluding hydrogens is 398 g/mol. The van der Waals surface area contributed by atoms with Crippen molar-refractivity contribution in [2.24, 2.45) is 12.5 Å². The number of nitrogens with one attached hydrogen (secondary N) is 2. The molecule has 9 nitrogen and oxygen atoms in total. The number of benzene rings is 1. The molecule has 0 saturated carbocycles. The summed E-state index contributed by atoms with van der Waals surface area (Å²) in [4.78, 5) is 39.6.